The van der Waals surface area contributed by atoms with E-state index in [-0.39, 0.29) is 40.9 Å². The van der Waals surface area contributed by atoms with Gasteiger partial charge in [-0.15, -0.1) is 0 Å². The molecule has 0 unspecified atom stereocenters. The molecule has 3 rings (SSSR count). The van der Waals surface area contributed by atoms with Crippen molar-refractivity contribution in [2.75, 3.05) is 45.3 Å². The first kappa shape index (κ1) is 18.7. The third-order valence-corrected chi connectivity index (χ3v) is 3.95. The van der Waals surface area contributed by atoms with E-state index >= 15 is 0 Å². The smallest absolute Gasteiger partial charge is 0.253 e. The number of nitrogens with zero attached hydrogens (tertiary/aromatic N) is 2. The van der Waals surface area contributed by atoms with Crippen molar-refractivity contribution < 1.29 is 18.7 Å². The Bertz CT molecular complexity index is 850. The first-order chi connectivity index (χ1) is 11.5. The molecule has 7 nitrogen and oxygen atoms in total. The molecule has 1 aromatic heterocycles. The summed E-state index contributed by atoms with van der Waals surface area (Å²) < 4.78 is 11.1. The fourth-order valence-electron chi connectivity index (χ4n) is 2.68. The van der Waals surface area contributed by atoms with Crippen LogP contribution in [0.2, 0.25) is 0 Å². The van der Waals surface area contributed by atoms with Gasteiger partial charge in [0.25, 0.3) is 5.91 Å². The number of ether oxygens (including phenoxy) is 1. The van der Waals surface area contributed by atoms with Gasteiger partial charge in [0.05, 0.1) is 24.2 Å². The lowest BCUT2D eigenvalue weighted by Crippen LogP contribution is -2.36. The van der Waals surface area contributed by atoms with Crippen LogP contribution in [0.5, 0.6) is 0 Å². The Hall–Kier alpha value is -2.67. The van der Waals surface area contributed by atoms with Crippen LogP contribution >= 0.6 is 0 Å². The first-order valence-electron chi connectivity index (χ1n) is 7.62. The number of rotatable bonds is 3. The van der Waals surface area contributed by atoms with Crippen LogP contribution in [0.1, 0.15) is 28.1 Å². The minimum Gasteiger partial charge on any atom is -0.440 e. The van der Waals surface area contributed by atoms with Crippen LogP contribution in [-0.2, 0) is 4.74 Å². The van der Waals surface area contributed by atoms with Crippen LogP contribution in [-0.4, -0.2) is 57.5 Å². The standard InChI is InChI=1S/C17H18N2O5.CH4/c1-18(2)17(22)11-7-12(10-20)16-13(8-11)14(21)9-15(24-16)19-3-5-23-6-4-19;/h7-10H,3-6H2,1-2H3;1H4. The summed E-state index contributed by atoms with van der Waals surface area (Å²) in [5.41, 5.74) is 0.384. The SMILES string of the molecule is C.CN(C)C(=O)c1cc(C=O)c2oc(N3CCOCC3)cc(=O)c2c1. The number of aldehydes is 1. The van der Waals surface area contributed by atoms with Crippen molar-refractivity contribution in [2.45, 2.75) is 7.43 Å². The van der Waals surface area contributed by atoms with Crippen molar-refractivity contribution in [3.05, 3.63) is 39.5 Å². The minimum atomic E-state index is -0.283. The predicted octanol–water partition coefficient (Wildman–Crippen LogP) is 1.78. The topological polar surface area (TPSA) is 80.1 Å². The summed E-state index contributed by atoms with van der Waals surface area (Å²) in [5, 5.41) is 0.224. The summed E-state index contributed by atoms with van der Waals surface area (Å²) in [7, 11) is 3.22. The van der Waals surface area contributed by atoms with Crippen molar-refractivity contribution >= 4 is 29.0 Å². The molecule has 0 aliphatic carbocycles. The maximum absolute atomic E-state index is 12.5. The Morgan fingerprint density at radius 3 is 2.48 bits per heavy atom. The second kappa shape index (κ2) is 7.48. The Labute approximate surface area is 145 Å². The Morgan fingerprint density at radius 1 is 1.20 bits per heavy atom. The van der Waals surface area contributed by atoms with E-state index in [1.165, 1.54) is 23.1 Å². The third-order valence-electron chi connectivity index (χ3n) is 3.95. The molecule has 0 radical (unpaired) electrons. The zero-order chi connectivity index (χ0) is 17.3. The number of morpholine rings is 1. The normalized spacial score (nSPS) is 14.1. The van der Waals surface area contributed by atoms with Crippen LogP contribution in [0.3, 0.4) is 0 Å². The summed E-state index contributed by atoms with van der Waals surface area (Å²) in [6.07, 6.45) is 0.598. The Morgan fingerprint density at radius 2 is 1.88 bits per heavy atom. The van der Waals surface area contributed by atoms with Crippen LogP contribution in [0.4, 0.5) is 5.88 Å². The number of carbonyl (C=O) groups is 2. The molecule has 2 aromatic rings. The number of hydrogen-bond donors (Lipinski definition) is 0. The molecule has 0 spiro atoms. The summed E-state index contributed by atoms with van der Waals surface area (Å²) in [4.78, 5) is 39.4. The van der Waals surface area contributed by atoms with Gasteiger partial charge in [-0.2, -0.15) is 0 Å². The van der Waals surface area contributed by atoms with E-state index in [1.807, 2.05) is 4.90 Å². The highest BCUT2D eigenvalue weighted by Crippen LogP contribution is 2.24. The molecule has 25 heavy (non-hydrogen) atoms. The highest BCUT2D eigenvalue weighted by molar-refractivity contribution is 6.03. The highest BCUT2D eigenvalue weighted by atomic mass is 16.5. The largest absolute Gasteiger partial charge is 0.440 e. The fourth-order valence-corrected chi connectivity index (χ4v) is 2.68. The average Bonchev–Trinajstić information content (AvgIpc) is 2.60. The number of anilines is 1. The number of amides is 1. The molecule has 2 heterocycles. The number of carbonyl (C=O) groups excluding carboxylic acids is 2. The van der Waals surface area contributed by atoms with Gasteiger partial charge in [0.15, 0.2) is 23.2 Å². The van der Waals surface area contributed by atoms with Gasteiger partial charge >= 0.3 is 0 Å². The minimum absolute atomic E-state index is 0. The number of benzene rings is 1. The summed E-state index contributed by atoms with van der Waals surface area (Å²) in [5.74, 6) is 0.127. The molecular weight excluding hydrogens is 324 g/mol. The molecule has 7 heteroatoms. The molecule has 1 amide bonds. The summed E-state index contributed by atoms with van der Waals surface area (Å²) in [6, 6.07) is 4.31. The Balaban J connectivity index is 0.00000225. The monoisotopic (exact) mass is 346 g/mol. The number of fused-ring (bicyclic) bond motifs is 1. The van der Waals surface area contributed by atoms with E-state index in [1.54, 1.807) is 14.1 Å². The second-order valence-electron chi connectivity index (χ2n) is 5.81. The van der Waals surface area contributed by atoms with Gasteiger partial charge in [-0.1, -0.05) is 7.43 Å². The summed E-state index contributed by atoms with van der Waals surface area (Å²) >= 11 is 0. The van der Waals surface area contributed by atoms with Crippen molar-refractivity contribution in [3.8, 4) is 0 Å². The van der Waals surface area contributed by atoms with Crippen molar-refractivity contribution in [3.63, 3.8) is 0 Å². The molecular formula is C18H22N2O5. The van der Waals surface area contributed by atoms with E-state index in [0.29, 0.717) is 38.5 Å². The molecule has 1 aliphatic heterocycles. The Kier molecular flexibility index (Phi) is 5.58. The number of hydrogen-bond acceptors (Lipinski definition) is 6. The molecule has 0 saturated carbocycles. The lowest BCUT2D eigenvalue weighted by Gasteiger charge is -2.27. The lowest BCUT2D eigenvalue weighted by molar-refractivity contribution is 0.0827. The van der Waals surface area contributed by atoms with E-state index in [9.17, 15) is 14.4 Å². The first-order valence-corrected chi connectivity index (χ1v) is 7.62. The maximum Gasteiger partial charge on any atom is 0.253 e. The van der Waals surface area contributed by atoms with Gasteiger partial charge in [-0.05, 0) is 12.1 Å². The van der Waals surface area contributed by atoms with Gasteiger partial charge in [0.2, 0.25) is 0 Å². The predicted molar refractivity (Wildman–Crippen MR) is 95.7 cm³/mol. The van der Waals surface area contributed by atoms with Gasteiger partial charge in [0, 0.05) is 38.8 Å². The molecule has 1 aromatic carbocycles. The van der Waals surface area contributed by atoms with Gasteiger partial charge < -0.3 is 19.0 Å². The zero-order valence-corrected chi connectivity index (χ0v) is 13.6. The maximum atomic E-state index is 12.5. The molecule has 1 fully saturated rings. The highest BCUT2D eigenvalue weighted by Gasteiger charge is 2.19. The summed E-state index contributed by atoms with van der Waals surface area (Å²) in [6.45, 7) is 2.33. The van der Waals surface area contributed by atoms with Crippen molar-refractivity contribution in [2.24, 2.45) is 0 Å². The molecule has 0 N–H and O–H groups in total. The van der Waals surface area contributed by atoms with Gasteiger partial charge in [0.1, 0.15) is 0 Å². The van der Waals surface area contributed by atoms with E-state index in [2.05, 4.69) is 0 Å². The molecule has 0 bridgehead atoms. The van der Waals surface area contributed by atoms with Crippen molar-refractivity contribution in [1.29, 1.82) is 0 Å². The third kappa shape index (κ3) is 3.56. The van der Waals surface area contributed by atoms with Gasteiger partial charge in [-0.25, -0.2) is 0 Å². The molecule has 0 atom stereocenters. The lowest BCUT2D eigenvalue weighted by atomic mass is 10.1. The second-order valence-corrected chi connectivity index (χ2v) is 5.81. The quantitative estimate of drug-likeness (QED) is 0.788. The molecule has 134 valence electrons. The zero-order valence-electron chi connectivity index (χ0n) is 13.6. The van der Waals surface area contributed by atoms with Crippen LogP contribution < -0.4 is 10.3 Å². The molecule has 1 aliphatic rings. The van der Waals surface area contributed by atoms with Crippen LogP contribution in [0.15, 0.2) is 27.4 Å². The van der Waals surface area contributed by atoms with Gasteiger partial charge in [-0.3, -0.25) is 14.4 Å². The fraction of sp³-hybridized carbons (Fsp3) is 0.389. The van der Waals surface area contributed by atoms with E-state index in [0.717, 1.165) is 0 Å². The van der Waals surface area contributed by atoms with Crippen molar-refractivity contribution in [1.82, 2.24) is 4.90 Å². The van der Waals surface area contributed by atoms with Crippen LogP contribution in [0, 0.1) is 0 Å². The van der Waals surface area contributed by atoms with Crippen LogP contribution in [0.25, 0.3) is 11.0 Å². The molecule has 1 saturated heterocycles. The van der Waals surface area contributed by atoms with E-state index < -0.39 is 0 Å². The van der Waals surface area contributed by atoms with E-state index in [4.69, 9.17) is 9.15 Å². The average molecular weight is 346 g/mol.